The Balaban J connectivity index is 4.46. The number of hydrogen-bond donors (Lipinski definition) is 2. The molecule has 1 N–H and O–H groups in total. The second-order valence-electron chi connectivity index (χ2n) is 3.11. The molecule has 0 bridgehead atoms. The lowest BCUT2D eigenvalue weighted by atomic mass is 10.0. The Kier molecular flexibility index (Phi) is 3.57. The normalized spacial score (nSPS) is 13.7. The van der Waals surface area contributed by atoms with Crippen molar-refractivity contribution in [1.29, 1.82) is 0 Å². The number of carboxylic acid groups (broad SMARTS) is 1. The Morgan fingerprint density at radius 1 is 1.50 bits per heavy atom. The third kappa shape index (κ3) is 3.61. The van der Waals surface area contributed by atoms with Crippen LogP contribution < -0.4 is 10.4 Å². The first-order chi connectivity index (χ1) is 5.25. The van der Waals surface area contributed by atoms with E-state index in [0.29, 0.717) is 0 Å². The first-order valence-electron chi connectivity index (χ1n) is 3.45. The molecule has 0 aromatic carbocycles. The van der Waals surface area contributed by atoms with E-state index in [1.807, 2.05) is 0 Å². The fourth-order valence-corrected chi connectivity index (χ4v) is 0.897. The van der Waals surface area contributed by atoms with Gasteiger partial charge in [-0.3, -0.25) is 4.79 Å². The van der Waals surface area contributed by atoms with Gasteiger partial charge in [0.1, 0.15) is 0 Å². The second kappa shape index (κ2) is 3.80. The number of nitrogens with one attached hydrogen (secondary N) is 1. The largest absolute Gasteiger partial charge is 0.548 e. The highest BCUT2D eigenvalue weighted by Crippen LogP contribution is 2.16. The van der Waals surface area contributed by atoms with Crippen LogP contribution in [0, 0.1) is 0 Å². The molecule has 0 radical (unpaired) electrons. The van der Waals surface area contributed by atoms with Crippen LogP contribution in [0.5, 0.6) is 0 Å². The summed E-state index contributed by atoms with van der Waals surface area (Å²) in [6, 6.07) is -1.07. The predicted octanol–water partition coefficient (Wildman–Crippen LogP) is -1.05. The third-order valence-corrected chi connectivity index (χ3v) is 1.55. The van der Waals surface area contributed by atoms with Gasteiger partial charge in [0, 0.05) is 11.7 Å². The summed E-state index contributed by atoms with van der Waals surface area (Å²) in [7, 11) is 0. The van der Waals surface area contributed by atoms with E-state index >= 15 is 0 Å². The van der Waals surface area contributed by atoms with Crippen LogP contribution in [-0.4, -0.2) is 22.7 Å². The van der Waals surface area contributed by atoms with Gasteiger partial charge >= 0.3 is 0 Å². The SMILES string of the molecule is CC(=O)N[C@@H](C(=O)[O-])C(C)(C)S. The first-order valence-corrected chi connectivity index (χ1v) is 3.90. The first kappa shape index (κ1) is 11.3. The van der Waals surface area contributed by atoms with Gasteiger partial charge in [0.2, 0.25) is 5.91 Å². The van der Waals surface area contributed by atoms with Gasteiger partial charge in [-0.25, -0.2) is 0 Å². The van der Waals surface area contributed by atoms with E-state index in [2.05, 4.69) is 17.9 Å². The van der Waals surface area contributed by atoms with Crippen LogP contribution in [0.3, 0.4) is 0 Å². The van der Waals surface area contributed by atoms with Crippen molar-refractivity contribution in [3.05, 3.63) is 0 Å². The van der Waals surface area contributed by atoms with Gasteiger partial charge in [0.25, 0.3) is 0 Å². The molecule has 4 nitrogen and oxygen atoms in total. The summed E-state index contributed by atoms with van der Waals surface area (Å²) in [5.74, 6) is -1.74. The molecule has 0 spiro atoms. The Morgan fingerprint density at radius 2 is 1.92 bits per heavy atom. The summed E-state index contributed by atoms with van der Waals surface area (Å²) in [6.45, 7) is 4.43. The van der Waals surface area contributed by atoms with Crippen molar-refractivity contribution in [2.45, 2.75) is 31.6 Å². The van der Waals surface area contributed by atoms with Gasteiger partial charge in [0.15, 0.2) is 0 Å². The number of carbonyl (C=O) groups excluding carboxylic acids is 2. The minimum atomic E-state index is -1.33. The topological polar surface area (TPSA) is 69.2 Å². The van der Waals surface area contributed by atoms with Gasteiger partial charge in [-0.15, -0.1) is 0 Å². The summed E-state index contributed by atoms with van der Waals surface area (Å²) in [5, 5.41) is 12.7. The molecule has 1 atom stereocenters. The zero-order valence-electron chi connectivity index (χ0n) is 7.25. The van der Waals surface area contributed by atoms with E-state index < -0.39 is 22.7 Å². The Labute approximate surface area is 76.8 Å². The molecule has 0 aliphatic carbocycles. The smallest absolute Gasteiger partial charge is 0.217 e. The maximum atomic E-state index is 10.6. The Hall–Kier alpha value is -0.710. The minimum absolute atomic E-state index is 0.411. The molecule has 5 heteroatoms. The standard InChI is InChI=1S/C7H13NO3S/c1-4(9)8-5(6(10)11)7(2,3)12/h5,12H,1-3H3,(H,8,9)(H,10,11)/p-1/t5-/m0/s1. The molecule has 0 unspecified atom stereocenters. The summed E-state index contributed by atoms with van der Waals surface area (Å²) in [4.78, 5) is 21.1. The van der Waals surface area contributed by atoms with Crippen LogP contribution in [0.2, 0.25) is 0 Å². The van der Waals surface area contributed by atoms with E-state index in [1.165, 1.54) is 6.92 Å². The van der Waals surface area contributed by atoms with Crippen molar-refractivity contribution < 1.29 is 14.7 Å². The summed E-state index contributed by atoms with van der Waals surface area (Å²) in [5.41, 5.74) is 0. The summed E-state index contributed by atoms with van der Waals surface area (Å²) in [6.07, 6.45) is 0. The second-order valence-corrected chi connectivity index (χ2v) is 4.26. The zero-order chi connectivity index (χ0) is 9.94. The molecule has 0 aromatic rings. The average Bonchev–Trinajstić information content (AvgIpc) is 1.79. The van der Waals surface area contributed by atoms with Gasteiger partial charge in [0.05, 0.1) is 12.0 Å². The lowest BCUT2D eigenvalue weighted by molar-refractivity contribution is -0.309. The van der Waals surface area contributed by atoms with Crippen molar-refractivity contribution >= 4 is 24.5 Å². The van der Waals surface area contributed by atoms with Crippen molar-refractivity contribution in [2.75, 3.05) is 0 Å². The molecule has 0 saturated carbocycles. The lowest BCUT2D eigenvalue weighted by Gasteiger charge is -2.30. The van der Waals surface area contributed by atoms with Crippen LogP contribution in [0.1, 0.15) is 20.8 Å². The lowest BCUT2D eigenvalue weighted by Crippen LogP contribution is -2.56. The fourth-order valence-electron chi connectivity index (χ4n) is 0.727. The minimum Gasteiger partial charge on any atom is -0.548 e. The van der Waals surface area contributed by atoms with Crippen LogP contribution in [0.25, 0.3) is 0 Å². The molecule has 0 rings (SSSR count). The number of thiol groups is 1. The molecule has 0 aromatic heterocycles. The Bertz CT molecular complexity index is 197. The molecular weight excluding hydrogens is 178 g/mol. The molecule has 0 fully saturated rings. The zero-order valence-corrected chi connectivity index (χ0v) is 8.14. The van der Waals surface area contributed by atoms with Crippen molar-refractivity contribution in [3.8, 4) is 0 Å². The summed E-state index contributed by atoms with van der Waals surface area (Å²) >= 11 is 4.03. The molecular formula is C7H12NO3S-. The van der Waals surface area contributed by atoms with E-state index in [1.54, 1.807) is 13.8 Å². The van der Waals surface area contributed by atoms with E-state index in [-0.39, 0.29) is 0 Å². The van der Waals surface area contributed by atoms with Crippen LogP contribution >= 0.6 is 12.6 Å². The quantitative estimate of drug-likeness (QED) is 0.558. The van der Waals surface area contributed by atoms with Crippen molar-refractivity contribution in [1.82, 2.24) is 5.32 Å². The number of aliphatic carboxylic acids is 1. The van der Waals surface area contributed by atoms with Crippen LogP contribution in [-0.2, 0) is 9.59 Å². The number of carboxylic acids is 1. The number of rotatable bonds is 3. The van der Waals surface area contributed by atoms with E-state index in [9.17, 15) is 14.7 Å². The van der Waals surface area contributed by atoms with Crippen LogP contribution in [0.15, 0.2) is 0 Å². The Morgan fingerprint density at radius 3 is 2.00 bits per heavy atom. The maximum absolute atomic E-state index is 10.6. The van der Waals surface area contributed by atoms with Gasteiger partial charge in [-0.05, 0) is 13.8 Å². The molecule has 0 aliphatic heterocycles. The molecule has 1 amide bonds. The molecule has 0 saturated heterocycles. The monoisotopic (exact) mass is 190 g/mol. The average molecular weight is 190 g/mol. The molecule has 12 heavy (non-hydrogen) atoms. The predicted molar refractivity (Wildman–Crippen MR) is 45.7 cm³/mol. The fraction of sp³-hybridized carbons (Fsp3) is 0.714. The highest BCUT2D eigenvalue weighted by Gasteiger charge is 2.27. The number of amides is 1. The third-order valence-electron chi connectivity index (χ3n) is 1.29. The van der Waals surface area contributed by atoms with Crippen molar-refractivity contribution in [2.24, 2.45) is 0 Å². The van der Waals surface area contributed by atoms with Gasteiger partial charge in [-0.1, -0.05) is 0 Å². The van der Waals surface area contributed by atoms with Gasteiger partial charge < -0.3 is 15.2 Å². The van der Waals surface area contributed by atoms with E-state index in [0.717, 1.165) is 0 Å². The van der Waals surface area contributed by atoms with Crippen LogP contribution in [0.4, 0.5) is 0 Å². The molecule has 0 aliphatic rings. The number of carbonyl (C=O) groups is 2. The highest BCUT2D eigenvalue weighted by molar-refractivity contribution is 7.81. The molecule has 70 valence electrons. The highest BCUT2D eigenvalue weighted by atomic mass is 32.1. The molecule has 0 heterocycles. The van der Waals surface area contributed by atoms with Crippen molar-refractivity contribution in [3.63, 3.8) is 0 Å². The summed E-state index contributed by atoms with van der Waals surface area (Å²) < 4.78 is -0.829. The van der Waals surface area contributed by atoms with Gasteiger partial charge in [-0.2, -0.15) is 12.6 Å². The van der Waals surface area contributed by atoms with E-state index in [4.69, 9.17) is 0 Å². The maximum Gasteiger partial charge on any atom is 0.217 e. The number of hydrogen-bond acceptors (Lipinski definition) is 4.